The van der Waals surface area contributed by atoms with Gasteiger partial charge in [0.05, 0.1) is 4.92 Å². The minimum atomic E-state index is -0.491. The van der Waals surface area contributed by atoms with Crippen molar-refractivity contribution in [2.24, 2.45) is 0 Å². The Morgan fingerprint density at radius 2 is 2.22 bits per heavy atom. The summed E-state index contributed by atoms with van der Waals surface area (Å²) in [7, 11) is 0. The highest BCUT2D eigenvalue weighted by Crippen LogP contribution is 2.19. The predicted octanol–water partition coefficient (Wildman–Crippen LogP) is 2.05. The van der Waals surface area contributed by atoms with Gasteiger partial charge in [-0.2, -0.15) is 0 Å². The van der Waals surface area contributed by atoms with Crippen molar-refractivity contribution in [3.05, 3.63) is 39.4 Å². The van der Waals surface area contributed by atoms with Gasteiger partial charge in [0.1, 0.15) is 0 Å². The predicted molar refractivity (Wildman–Crippen MR) is 68.2 cm³/mol. The van der Waals surface area contributed by atoms with Gasteiger partial charge in [-0.1, -0.05) is 6.07 Å². The minimum absolute atomic E-state index is 0.0454. The number of carbonyl (C=O) groups is 1. The summed E-state index contributed by atoms with van der Waals surface area (Å²) < 4.78 is 0. The fourth-order valence-electron chi connectivity index (χ4n) is 1.41. The van der Waals surface area contributed by atoms with Gasteiger partial charge in [-0.25, -0.2) is 0 Å². The average Bonchev–Trinajstić information content (AvgIpc) is 2.34. The van der Waals surface area contributed by atoms with E-state index in [0.29, 0.717) is 18.5 Å². The van der Waals surface area contributed by atoms with E-state index in [2.05, 4.69) is 17.2 Å². The maximum atomic E-state index is 11.7. The number of benzene rings is 1. The summed E-state index contributed by atoms with van der Waals surface area (Å²) in [6, 6.07) is 4.43. The van der Waals surface area contributed by atoms with Crippen LogP contribution in [-0.4, -0.2) is 17.4 Å². The van der Waals surface area contributed by atoms with Crippen LogP contribution in [0.5, 0.6) is 0 Å². The lowest BCUT2D eigenvalue weighted by Crippen LogP contribution is -2.24. The second-order valence-electron chi connectivity index (χ2n) is 3.69. The second kappa shape index (κ2) is 6.40. The quantitative estimate of drug-likeness (QED) is 0.382. The largest absolute Gasteiger partial charge is 0.351 e. The summed E-state index contributed by atoms with van der Waals surface area (Å²) >= 11 is 0. The molecule has 94 valence electrons. The lowest BCUT2D eigenvalue weighted by Gasteiger charge is -2.04. The molecule has 1 amide bonds. The number of hydrogen-bond acceptors (Lipinski definition) is 3. The number of nitrogens with one attached hydrogen (secondary N) is 1. The Morgan fingerprint density at radius 3 is 2.83 bits per heavy atom. The normalized spacial score (nSPS) is 9.22. The molecule has 1 aromatic rings. The maximum absolute atomic E-state index is 11.7. The molecule has 0 radical (unpaired) electrons. The third-order valence-corrected chi connectivity index (χ3v) is 2.38. The van der Waals surface area contributed by atoms with E-state index in [4.69, 9.17) is 0 Å². The van der Waals surface area contributed by atoms with Gasteiger partial charge in [-0.05, 0) is 19.9 Å². The molecule has 0 spiro atoms. The Balaban J connectivity index is 2.76. The first-order chi connectivity index (χ1) is 8.56. The first kappa shape index (κ1) is 13.7. The Bertz CT molecular complexity index is 527. The Labute approximate surface area is 105 Å². The Kier molecular flexibility index (Phi) is 4.88. The van der Waals surface area contributed by atoms with Gasteiger partial charge in [0.25, 0.3) is 11.6 Å². The molecule has 0 aliphatic heterocycles. The highest BCUT2D eigenvalue weighted by Gasteiger charge is 2.14. The topological polar surface area (TPSA) is 72.2 Å². The van der Waals surface area contributed by atoms with Crippen LogP contribution in [0.25, 0.3) is 0 Å². The number of nitro benzene ring substituents is 1. The van der Waals surface area contributed by atoms with Gasteiger partial charge < -0.3 is 5.32 Å². The molecule has 0 saturated carbocycles. The first-order valence-electron chi connectivity index (χ1n) is 5.49. The smallest absolute Gasteiger partial charge is 0.273 e. The number of hydrogen-bond donors (Lipinski definition) is 1. The molecule has 1 aromatic carbocycles. The van der Waals surface area contributed by atoms with Crippen LogP contribution in [0.4, 0.5) is 5.69 Å². The summed E-state index contributed by atoms with van der Waals surface area (Å²) in [6.45, 7) is 3.79. The van der Waals surface area contributed by atoms with Crippen molar-refractivity contribution in [3.63, 3.8) is 0 Å². The lowest BCUT2D eigenvalue weighted by atomic mass is 10.1. The van der Waals surface area contributed by atoms with Crippen molar-refractivity contribution in [2.45, 2.75) is 20.3 Å². The number of carbonyl (C=O) groups excluding carboxylic acids is 1. The summed E-state index contributed by atoms with van der Waals surface area (Å²) in [5, 5.41) is 13.4. The molecular weight excluding hydrogens is 232 g/mol. The molecule has 0 fully saturated rings. The van der Waals surface area contributed by atoms with Crippen LogP contribution in [-0.2, 0) is 0 Å². The van der Waals surface area contributed by atoms with Gasteiger partial charge in [0, 0.05) is 30.2 Å². The van der Waals surface area contributed by atoms with E-state index in [-0.39, 0.29) is 17.2 Å². The average molecular weight is 246 g/mol. The van der Waals surface area contributed by atoms with Crippen molar-refractivity contribution in [1.82, 2.24) is 5.32 Å². The van der Waals surface area contributed by atoms with Crippen molar-refractivity contribution in [2.75, 3.05) is 6.54 Å². The molecule has 18 heavy (non-hydrogen) atoms. The first-order valence-corrected chi connectivity index (χ1v) is 5.49. The summed E-state index contributed by atoms with van der Waals surface area (Å²) in [6.07, 6.45) is 0.566. The van der Waals surface area contributed by atoms with Crippen LogP contribution in [0.1, 0.15) is 29.3 Å². The molecule has 0 unspecified atom stereocenters. The lowest BCUT2D eigenvalue weighted by molar-refractivity contribution is -0.385. The number of aryl methyl sites for hydroxylation is 1. The second-order valence-corrected chi connectivity index (χ2v) is 3.69. The SMILES string of the molecule is CC#CCCNC(=O)c1ccc(C)c([N+](=O)[O-])c1. The molecular formula is C13H14N2O3. The maximum Gasteiger partial charge on any atom is 0.273 e. The van der Waals surface area contributed by atoms with Gasteiger partial charge in [-0.15, -0.1) is 11.8 Å². The number of amides is 1. The monoisotopic (exact) mass is 246 g/mol. The standard InChI is InChI=1S/C13H14N2O3/c1-3-4-5-8-14-13(16)11-7-6-10(2)12(9-11)15(17)18/h6-7,9H,5,8H2,1-2H3,(H,14,16). The van der Waals surface area contributed by atoms with Crippen molar-refractivity contribution in [1.29, 1.82) is 0 Å². The third kappa shape index (κ3) is 3.59. The van der Waals surface area contributed by atoms with E-state index in [0.717, 1.165) is 0 Å². The van der Waals surface area contributed by atoms with Crippen molar-refractivity contribution in [3.8, 4) is 11.8 Å². The van der Waals surface area contributed by atoms with Crippen LogP contribution < -0.4 is 5.32 Å². The van der Waals surface area contributed by atoms with E-state index in [9.17, 15) is 14.9 Å². The summed E-state index contributed by atoms with van der Waals surface area (Å²) in [5.74, 6) is 5.22. The fraction of sp³-hybridized carbons (Fsp3) is 0.308. The van der Waals surface area contributed by atoms with Crippen molar-refractivity contribution < 1.29 is 9.72 Å². The van der Waals surface area contributed by atoms with E-state index in [1.165, 1.54) is 6.07 Å². The fourth-order valence-corrected chi connectivity index (χ4v) is 1.41. The Morgan fingerprint density at radius 1 is 1.50 bits per heavy atom. The molecule has 0 aromatic heterocycles. The van der Waals surface area contributed by atoms with Gasteiger partial charge in [-0.3, -0.25) is 14.9 Å². The molecule has 0 atom stereocenters. The molecule has 0 saturated heterocycles. The molecule has 0 bridgehead atoms. The van der Waals surface area contributed by atoms with Gasteiger partial charge >= 0.3 is 0 Å². The number of rotatable bonds is 4. The highest BCUT2D eigenvalue weighted by molar-refractivity contribution is 5.94. The molecule has 0 heterocycles. The highest BCUT2D eigenvalue weighted by atomic mass is 16.6. The van der Waals surface area contributed by atoms with Gasteiger partial charge in [0.2, 0.25) is 0 Å². The molecule has 1 rings (SSSR count). The number of nitro groups is 1. The van der Waals surface area contributed by atoms with Gasteiger partial charge in [0.15, 0.2) is 0 Å². The van der Waals surface area contributed by atoms with E-state index >= 15 is 0 Å². The van der Waals surface area contributed by atoms with Crippen LogP contribution in [0.15, 0.2) is 18.2 Å². The summed E-state index contributed by atoms with van der Waals surface area (Å²) in [4.78, 5) is 22.0. The zero-order valence-corrected chi connectivity index (χ0v) is 10.3. The van der Waals surface area contributed by atoms with Crippen molar-refractivity contribution >= 4 is 11.6 Å². The third-order valence-electron chi connectivity index (χ3n) is 2.38. The minimum Gasteiger partial charge on any atom is -0.351 e. The molecule has 1 N–H and O–H groups in total. The molecule has 0 aliphatic carbocycles. The van der Waals surface area contributed by atoms with E-state index < -0.39 is 4.92 Å². The summed E-state index contributed by atoms with van der Waals surface area (Å²) in [5.41, 5.74) is 0.779. The molecule has 0 aliphatic rings. The molecule has 5 heteroatoms. The zero-order chi connectivity index (χ0) is 13.5. The van der Waals surface area contributed by atoms with E-state index in [1.807, 2.05) is 0 Å². The van der Waals surface area contributed by atoms with Crippen LogP contribution in [0, 0.1) is 28.9 Å². The zero-order valence-electron chi connectivity index (χ0n) is 10.3. The Hall–Kier alpha value is -2.35. The van der Waals surface area contributed by atoms with Crippen LogP contribution >= 0.6 is 0 Å². The van der Waals surface area contributed by atoms with E-state index in [1.54, 1.807) is 26.0 Å². The van der Waals surface area contributed by atoms with Crippen LogP contribution in [0.3, 0.4) is 0 Å². The number of nitrogens with zero attached hydrogens (tertiary/aromatic N) is 1. The van der Waals surface area contributed by atoms with Crippen LogP contribution in [0.2, 0.25) is 0 Å². The molecule has 5 nitrogen and oxygen atoms in total.